The van der Waals surface area contributed by atoms with Gasteiger partial charge >= 0.3 is 0 Å². The molecule has 1 aliphatic rings. The van der Waals surface area contributed by atoms with Crippen molar-refractivity contribution in [3.63, 3.8) is 0 Å². The lowest BCUT2D eigenvalue weighted by Crippen LogP contribution is -2.50. The highest BCUT2D eigenvalue weighted by Crippen LogP contribution is 2.25. The predicted molar refractivity (Wildman–Crippen MR) is 116 cm³/mol. The third-order valence-electron chi connectivity index (χ3n) is 5.07. The smallest absolute Gasteiger partial charge is 0.244 e. The summed E-state index contributed by atoms with van der Waals surface area (Å²) in [5, 5.41) is 0. The van der Waals surface area contributed by atoms with Crippen LogP contribution in [0.2, 0.25) is 0 Å². The van der Waals surface area contributed by atoms with Gasteiger partial charge in [-0.2, -0.15) is 16.5 Å². The van der Waals surface area contributed by atoms with Crippen LogP contribution in [0.15, 0.2) is 47.4 Å². The molecule has 2 aromatic rings. The van der Waals surface area contributed by atoms with Gasteiger partial charge in [-0.1, -0.05) is 18.2 Å². The van der Waals surface area contributed by atoms with Crippen molar-refractivity contribution < 1.29 is 22.3 Å². The molecule has 1 aliphatic heterocycles. The van der Waals surface area contributed by atoms with Crippen LogP contribution in [0.25, 0.3) is 0 Å². The van der Waals surface area contributed by atoms with Crippen LogP contribution in [0.5, 0.6) is 5.75 Å². The average Bonchev–Trinajstić information content (AvgIpc) is 2.75. The molecule has 1 unspecified atom stereocenters. The van der Waals surface area contributed by atoms with E-state index in [0.29, 0.717) is 37.4 Å². The number of halogens is 1. The molecule has 0 saturated heterocycles. The summed E-state index contributed by atoms with van der Waals surface area (Å²) >= 11 is 1.52. The van der Waals surface area contributed by atoms with Crippen molar-refractivity contribution in [2.24, 2.45) is 0 Å². The highest BCUT2D eigenvalue weighted by Gasteiger charge is 2.31. The van der Waals surface area contributed by atoms with E-state index < -0.39 is 26.8 Å². The van der Waals surface area contributed by atoms with Crippen LogP contribution in [0.3, 0.4) is 0 Å². The minimum Gasteiger partial charge on any atom is -0.497 e. The van der Waals surface area contributed by atoms with E-state index in [1.165, 1.54) is 30.0 Å². The Morgan fingerprint density at radius 1 is 1.27 bits per heavy atom. The maximum Gasteiger partial charge on any atom is 0.244 e. The summed E-state index contributed by atoms with van der Waals surface area (Å²) < 4.78 is 47.3. The van der Waals surface area contributed by atoms with Gasteiger partial charge in [0.05, 0.1) is 7.11 Å². The summed E-state index contributed by atoms with van der Waals surface area (Å²) in [5.41, 5.74) is 2.13. The quantitative estimate of drug-likeness (QED) is 0.667. The third-order valence-corrected chi connectivity index (χ3v) is 7.22. The first-order chi connectivity index (χ1) is 14.4. The minimum absolute atomic E-state index is 0.308. The number of nitrogens with zero attached hydrogens (tertiary/aromatic N) is 1. The predicted octanol–water partition coefficient (Wildman–Crippen LogP) is 2.82. The number of nitrogens with one attached hydrogen (secondary N) is 1. The van der Waals surface area contributed by atoms with Gasteiger partial charge in [0, 0.05) is 13.1 Å². The van der Waals surface area contributed by atoms with Gasteiger partial charge in [0.15, 0.2) is 0 Å². The molecule has 0 fully saturated rings. The molecule has 9 heteroatoms. The topological polar surface area (TPSA) is 75.7 Å². The third kappa shape index (κ3) is 5.14. The Morgan fingerprint density at radius 2 is 2.03 bits per heavy atom. The number of hydrogen-bond donors (Lipinski definition) is 1. The molecule has 2 aromatic carbocycles. The molecule has 1 amide bonds. The summed E-state index contributed by atoms with van der Waals surface area (Å²) in [5.74, 6) is 0.147. The highest BCUT2D eigenvalue weighted by atomic mass is 32.2. The lowest BCUT2D eigenvalue weighted by atomic mass is 9.98. The van der Waals surface area contributed by atoms with E-state index in [4.69, 9.17) is 4.74 Å². The van der Waals surface area contributed by atoms with Crippen LogP contribution < -0.4 is 9.46 Å². The number of thioether (sulfide) groups is 1. The molecule has 1 heterocycles. The largest absolute Gasteiger partial charge is 0.497 e. The summed E-state index contributed by atoms with van der Waals surface area (Å²) in [6.45, 7) is 0.873. The van der Waals surface area contributed by atoms with Gasteiger partial charge in [0.2, 0.25) is 15.9 Å². The lowest BCUT2D eigenvalue weighted by Gasteiger charge is -2.32. The second-order valence-corrected chi connectivity index (χ2v) is 9.70. The van der Waals surface area contributed by atoms with Crippen molar-refractivity contribution in [2.75, 3.05) is 25.7 Å². The molecule has 0 aromatic heterocycles. The van der Waals surface area contributed by atoms with Gasteiger partial charge in [0.25, 0.3) is 0 Å². The molecule has 30 heavy (non-hydrogen) atoms. The van der Waals surface area contributed by atoms with Crippen LogP contribution >= 0.6 is 11.8 Å². The first-order valence-electron chi connectivity index (χ1n) is 9.56. The van der Waals surface area contributed by atoms with Gasteiger partial charge in [-0.3, -0.25) is 4.79 Å². The fourth-order valence-electron chi connectivity index (χ4n) is 3.45. The number of benzene rings is 2. The average molecular weight is 453 g/mol. The van der Waals surface area contributed by atoms with E-state index in [9.17, 15) is 17.6 Å². The van der Waals surface area contributed by atoms with E-state index in [1.807, 2.05) is 24.5 Å². The maximum atomic E-state index is 14.0. The van der Waals surface area contributed by atoms with E-state index in [1.54, 1.807) is 12.0 Å². The number of fused-ring (bicyclic) bond motifs is 1. The SMILES string of the molecule is COc1ccc2c(c1)CN(C(=O)C(CCSC)NS(=O)(=O)c1ccccc1F)CC2. The molecular weight excluding hydrogens is 427 g/mol. The van der Waals surface area contributed by atoms with Gasteiger partial charge in [-0.15, -0.1) is 0 Å². The second-order valence-electron chi connectivity index (χ2n) is 7.03. The number of ether oxygens (including phenoxy) is 1. The van der Waals surface area contributed by atoms with Gasteiger partial charge in [0.1, 0.15) is 22.5 Å². The van der Waals surface area contributed by atoms with Crippen molar-refractivity contribution in [1.29, 1.82) is 0 Å². The Hall–Kier alpha value is -2.10. The fraction of sp³-hybridized carbons (Fsp3) is 0.381. The van der Waals surface area contributed by atoms with E-state index in [2.05, 4.69) is 4.72 Å². The van der Waals surface area contributed by atoms with Crippen LogP contribution in [-0.2, 0) is 27.8 Å². The first-order valence-corrected chi connectivity index (χ1v) is 12.4. The molecule has 6 nitrogen and oxygen atoms in total. The summed E-state index contributed by atoms with van der Waals surface area (Å²) in [6, 6.07) is 9.96. The monoisotopic (exact) mass is 452 g/mol. The Labute approximate surface area is 180 Å². The normalized spacial score (nSPS) is 14.8. The van der Waals surface area contributed by atoms with Crippen molar-refractivity contribution >= 4 is 27.7 Å². The number of carbonyl (C=O) groups is 1. The summed E-state index contributed by atoms with van der Waals surface area (Å²) in [7, 11) is -2.59. The van der Waals surface area contributed by atoms with Crippen molar-refractivity contribution in [2.45, 2.75) is 30.3 Å². The first kappa shape index (κ1) is 22.6. The Morgan fingerprint density at radius 3 is 2.73 bits per heavy atom. The zero-order valence-electron chi connectivity index (χ0n) is 16.9. The Bertz CT molecular complexity index is 1010. The van der Waals surface area contributed by atoms with Gasteiger partial charge in [-0.05, 0) is 60.2 Å². The Balaban J connectivity index is 1.81. The molecule has 0 aliphatic carbocycles. The highest BCUT2D eigenvalue weighted by molar-refractivity contribution is 7.98. The number of carbonyl (C=O) groups excluding carboxylic acids is 1. The summed E-state index contributed by atoms with van der Waals surface area (Å²) in [4.78, 5) is 14.4. The minimum atomic E-state index is -4.18. The van der Waals surface area contributed by atoms with E-state index in [0.717, 1.165) is 17.2 Å². The molecule has 3 rings (SSSR count). The molecule has 0 spiro atoms. The van der Waals surface area contributed by atoms with E-state index >= 15 is 0 Å². The van der Waals surface area contributed by atoms with E-state index in [-0.39, 0.29) is 5.91 Å². The van der Waals surface area contributed by atoms with Crippen LogP contribution in [0.4, 0.5) is 4.39 Å². The summed E-state index contributed by atoms with van der Waals surface area (Å²) in [6.07, 6.45) is 2.88. The molecule has 0 saturated carbocycles. The molecule has 162 valence electrons. The second kappa shape index (κ2) is 9.80. The van der Waals surface area contributed by atoms with Crippen LogP contribution in [-0.4, -0.2) is 50.9 Å². The van der Waals surface area contributed by atoms with Gasteiger partial charge in [-0.25, -0.2) is 12.8 Å². The van der Waals surface area contributed by atoms with Crippen molar-refractivity contribution in [3.8, 4) is 5.75 Å². The maximum absolute atomic E-state index is 14.0. The molecule has 1 atom stereocenters. The van der Waals surface area contributed by atoms with Crippen molar-refractivity contribution in [3.05, 3.63) is 59.4 Å². The van der Waals surface area contributed by atoms with Gasteiger partial charge < -0.3 is 9.64 Å². The zero-order valence-corrected chi connectivity index (χ0v) is 18.6. The number of amides is 1. The lowest BCUT2D eigenvalue weighted by molar-refractivity contribution is -0.134. The zero-order chi connectivity index (χ0) is 21.7. The van der Waals surface area contributed by atoms with Crippen molar-refractivity contribution in [1.82, 2.24) is 9.62 Å². The molecular formula is C21H25FN2O4S2. The number of sulfonamides is 1. The fourth-order valence-corrected chi connectivity index (χ4v) is 5.22. The molecule has 0 bridgehead atoms. The number of hydrogen-bond acceptors (Lipinski definition) is 5. The number of rotatable bonds is 8. The van der Waals surface area contributed by atoms with Crippen LogP contribution in [0, 0.1) is 5.82 Å². The Kier molecular flexibility index (Phi) is 7.38. The molecule has 1 N–H and O–H groups in total. The number of methoxy groups -OCH3 is 1. The van der Waals surface area contributed by atoms with Crippen LogP contribution in [0.1, 0.15) is 17.5 Å². The molecule has 0 radical (unpaired) electrons. The standard InChI is InChI=1S/C21H25FN2O4S2/c1-28-17-8-7-15-9-11-24(14-16(15)13-17)21(25)19(10-12-29-2)23-30(26,27)20-6-4-3-5-18(20)22/h3-8,13,19,23H,9-12,14H2,1-2H3.